The van der Waals surface area contributed by atoms with Crippen LogP contribution in [0.5, 0.6) is 0 Å². The molecule has 0 heterocycles. The van der Waals surface area contributed by atoms with Gasteiger partial charge in [0, 0.05) is 0 Å². The third-order valence-electron chi connectivity index (χ3n) is 2.89. The molecular formula is C11H20O3. The van der Waals surface area contributed by atoms with Crippen molar-refractivity contribution in [2.75, 3.05) is 0 Å². The van der Waals surface area contributed by atoms with Gasteiger partial charge < -0.3 is 9.84 Å². The molecule has 0 spiro atoms. The molecule has 3 nitrogen and oxygen atoms in total. The summed E-state index contributed by atoms with van der Waals surface area (Å²) in [6, 6.07) is 0. The number of aliphatic carboxylic acids is 1. The lowest BCUT2D eigenvalue weighted by molar-refractivity contribution is -0.156. The molecule has 1 N–H and O–H groups in total. The van der Waals surface area contributed by atoms with Gasteiger partial charge in [-0.3, -0.25) is 0 Å². The topological polar surface area (TPSA) is 46.5 Å². The summed E-state index contributed by atoms with van der Waals surface area (Å²) < 4.78 is 5.57. The van der Waals surface area contributed by atoms with E-state index in [1.54, 1.807) is 0 Å². The van der Waals surface area contributed by atoms with Crippen LogP contribution in [-0.4, -0.2) is 23.3 Å². The molecule has 0 aromatic heterocycles. The van der Waals surface area contributed by atoms with Crippen LogP contribution in [0.15, 0.2) is 0 Å². The van der Waals surface area contributed by atoms with Gasteiger partial charge in [-0.2, -0.15) is 0 Å². The maximum Gasteiger partial charge on any atom is 0.332 e. The molecule has 1 aliphatic carbocycles. The van der Waals surface area contributed by atoms with Crippen LogP contribution < -0.4 is 0 Å². The van der Waals surface area contributed by atoms with E-state index >= 15 is 0 Å². The number of carbonyl (C=O) groups is 1. The molecule has 0 amide bonds. The fraction of sp³-hybridized carbons (Fsp3) is 0.909. The van der Waals surface area contributed by atoms with Crippen molar-refractivity contribution < 1.29 is 14.6 Å². The Kier molecular flexibility index (Phi) is 4.39. The molecule has 0 aromatic rings. The van der Waals surface area contributed by atoms with E-state index in [1.165, 1.54) is 12.8 Å². The largest absolute Gasteiger partial charge is 0.479 e. The van der Waals surface area contributed by atoms with E-state index in [9.17, 15) is 4.79 Å². The first kappa shape index (κ1) is 11.5. The van der Waals surface area contributed by atoms with Crippen LogP contribution in [-0.2, 0) is 9.53 Å². The minimum atomic E-state index is -0.828. The summed E-state index contributed by atoms with van der Waals surface area (Å²) in [7, 11) is 0. The van der Waals surface area contributed by atoms with E-state index in [4.69, 9.17) is 9.84 Å². The normalized spacial score (nSPS) is 29.9. The summed E-state index contributed by atoms with van der Waals surface area (Å²) in [6.45, 7) is 4.06. The van der Waals surface area contributed by atoms with Gasteiger partial charge in [0.1, 0.15) is 0 Å². The fourth-order valence-corrected chi connectivity index (χ4v) is 2.06. The van der Waals surface area contributed by atoms with Gasteiger partial charge in [0.2, 0.25) is 0 Å². The molecular weight excluding hydrogens is 180 g/mol. The first-order valence-electron chi connectivity index (χ1n) is 5.51. The Labute approximate surface area is 85.5 Å². The highest BCUT2D eigenvalue weighted by molar-refractivity contribution is 5.72. The van der Waals surface area contributed by atoms with Crippen molar-refractivity contribution in [3.63, 3.8) is 0 Å². The lowest BCUT2D eigenvalue weighted by atomic mass is 9.88. The summed E-state index contributed by atoms with van der Waals surface area (Å²) in [5.74, 6) is -0.147. The molecule has 1 aliphatic rings. The molecule has 3 atom stereocenters. The lowest BCUT2D eigenvalue weighted by Gasteiger charge is -2.28. The number of carboxylic acids is 1. The molecule has 1 saturated carbocycles. The molecule has 0 bridgehead atoms. The molecule has 1 fully saturated rings. The fourth-order valence-electron chi connectivity index (χ4n) is 2.06. The second-order valence-electron chi connectivity index (χ2n) is 4.26. The van der Waals surface area contributed by atoms with Gasteiger partial charge in [-0.25, -0.2) is 4.79 Å². The van der Waals surface area contributed by atoms with E-state index in [1.807, 2.05) is 6.92 Å². The minimum absolute atomic E-state index is 0.166. The molecule has 0 unspecified atom stereocenters. The quantitative estimate of drug-likeness (QED) is 0.758. The maximum atomic E-state index is 10.8. The predicted molar refractivity (Wildman–Crippen MR) is 54.2 cm³/mol. The first-order chi connectivity index (χ1) is 6.63. The van der Waals surface area contributed by atoms with Crippen LogP contribution in [0.1, 0.15) is 46.0 Å². The molecule has 0 aromatic carbocycles. The zero-order valence-corrected chi connectivity index (χ0v) is 9.03. The highest BCUT2D eigenvalue weighted by Gasteiger charge is 2.25. The predicted octanol–water partition coefficient (Wildman–Crippen LogP) is 2.44. The van der Waals surface area contributed by atoms with Crippen LogP contribution in [0, 0.1) is 5.92 Å². The van der Waals surface area contributed by atoms with Gasteiger partial charge in [0.15, 0.2) is 6.10 Å². The van der Waals surface area contributed by atoms with Crippen LogP contribution in [0.3, 0.4) is 0 Å². The Morgan fingerprint density at radius 3 is 2.79 bits per heavy atom. The maximum absolute atomic E-state index is 10.8. The summed E-state index contributed by atoms with van der Waals surface area (Å²) in [5.41, 5.74) is 0. The van der Waals surface area contributed by atoms with Gasteiger partial charge in [-0.1, -0.05) is 26.7 Å². The molecule has 0 saturated heterocycles. The smallest absolute Gasteiger partial charge is 0.332 e. The van der Waals surface area contributed by atoms with E-state index in [2.05, 4.69) is 6.92 Å². The highest BCUT2D eigenvalue weighted by Crippen LogP contribution is 2.26. The zero-order valence-electron chi connectivity index (χ0n) is 9.03. The van der Waals surface area contributed by atoms with Crippen molar-refractivity contribution in [2.45, 2.75) is 58.2 Å². The van der Waals surface area contributed by atoms with Gasteiger partial charge in [-0.05, 0) is 25.2 Å². The van der Waals surface area contributed by atoms with Crippen LogP contribution in [0.2, 0.25) is 0 Å². The van der Waals surface area contributed by atoms with Crippen molar-refractivity contribution in [1.29, 1.82) is 0 Å². The number of carboxylic acid groups (broad SMARTS) is 1. The number of hydrogen-bond acceptors (Lipinski definition) is 2. The Morgan fingerprint density at radius 1 is 1.57 bits per heavy atom. The van der Waals surface area contributed by atoms with Crippen LogP contribution in [0.25, 0.3) is 0 Å². The van der Waals surface area contributed by atoms with Crippen molar-refractivity contribution in [3.05, 3.63) is 0 Å². The summed E-state index contributed by atoms with van der Waals surface area (Å²) in [5, 5.41) is 8.84. The molecule has 0 radical (unpaired) electrons. The second-order valence-corrected chi connectivity index (χ2v) is 4.26. The number of rotatable bonds is 4. The highest BCUT2D eigenvalue weighted by atomic mass is 16.5. The summed E-state index contributed by atoms with van der Waals surface area (Å²) in [6.07, 6.45) is 4.58. The number of ether oxygens (including phenoxy) is 1. The van der Waals surface area contributed by atoms with Crippen molar-refractivity contribution in [3.8, 4) is 0 Å². The van der Waals surface area contributed by atoms with Crippen molar-refractivity contribution >= 4 is 5.97 Å². The Bertz CT molecular complexity index is 191. The SMILES string of the molecule is CC[C@@H](O[C@@H]1CCC[C@H](C)C1)C(=O)O. The van der Waals surface area contributed by atoms with Crippen LogP contribution >= 0.6 is 0 Å². The minimum Gasteiger partial charge on any atom is -0.479 e. The second kappa shape index (κ2) is 5.35. The van der Waals surface area contributed by atoms with Gasteiger partial charge in [0.25, 0.3) is 0 Å². The van der Waals surface area contributed by atoms with Gasteiger partial charge >= 0.3 is 5.97 Å². The lowest BCUT2D eigenvalue weighted by Crippen LogP contribution is -2.31. The van der Waals surface area contributed by atoms with E-state index in [0.717, 1.165) is 12.8 Å². The van der Waals surface area contributed by atoms with E-state index < -0.39 is 12.1 Å². The molecule has 3 heteroatoms. The Hall–Kier alpha value is -0.570. The Balaban J connectivity index is 2.37. The standard InChI is InChI=1S/C11H20O3/c1-3-10(11(12)13)14-9-6-4-5-8(2)7-9/h8-10H,3-7H2,1-2H3,(H,12,13)/t8-,9+,10+/m0/s1. The van der Waals surface area contributed by atoms with Gasteiger partial charge in [0.05, 0.1) is 6.10 Å². The van der Waals surface area contributed by atoms with Crippen molar-refractivity contribution in [2.24, 2.45) is 5.92 Å². The number of hydrogen-bond donors (Lipinski definition) is 1. The monoisotopic (exact) mass is 200 g/mol. The van der Waals surface area contributed by atoms with Gasteiger partial charge in [-0.15, -0.1) is 0 Å². The van der Waals surface area contributed by atoms with E-state index in [0.29, 0.717) is 12.3 Å². The van der Waals surface area contributed by atoms with Crippen molar-refractivity contribution in [1.82, 2.24) is 0 Å². The van der Waals surface area contributed by atoms with Crippen LogP contribution in [0.4, 0.5) is 0 Å². The molecule has 0 aliphatic heterocycles. The molecule has 82 valence electrons. The third kappa shape index (κ3) is 3.29. The molecule has 1 rings (SSSR count). The Morgan fingerprint density at radius 2 is 2.29 bits per heavy atom. The molecule has 14 heavy (non-hydrogen) atoms. The zero-order chi connectivity index (χ0) is 10.6. The summed E-state index contributed by atoms with van der Waals surface area (Å²) >= 11 is 0. The first-order valence-corrected chi connectivity index (χ1v) is 5.51. The van der Waals surface area contributed by atoms with E-state index in [-0.39, 0.29) is 6.10 Å². The average molecular weight is 200 g/mol. The third-order valence-corrected chi connectivity index (χ3v) is 2.89. The summed E-state index contributed by atoms with van der Waals surface area (Å²) in [4.78, 5) is 10.8. The average Bonchev–Trinajstić information content (AvgIpc) is 2.14.